The van der Waals surface area contributed by atoms with E-state index in [1.54, 1.807) is 13.3 Å². The zero-order valence-corrected chi connectivity index (χ0v) is 14.6. The number of hydrogen-bond acceptors (Lipinski definition) is 5. The molecule has 1 unspecified atom stereocenters. The lowest BCUT2D eigenvalue weighted by Crippen LogP contribution is -2.05. The standard InChI is InChI=1S/C17H19N3O3S/c1-10-8-18-15(11(2)16(10)23-4)9-24(21)17-19-13-6-5-12(22-3)7-14(13)20-17/h5-8H,9H2,1-4H3,(H,19,20)/i5D,6D,7D. The van der Waals surface area contributed by atoms with Crippen LogP contribution in [0.2, 0.25) is 0 Å². The summed E-state index contributed by atoms with van der Waals surface area (Å²) in [4.78, 5) is 11.4. The number of fused-ring (bicyclic) bond motifs is 1. The molecule has 0 fully saturated rings. The SMILES string of the molecule is [2H]c1c(OC)c([2H])c2[nH]c(S(=O)Cc3ncc(C)c(OC)c3C)nc2c1[2H]. The Morgan fingerprint density at radius 3 is 2.79 bits per heavy atom. The summed E-state index contributed by atoms with van der Waals surface area (Å²) in [5, 5.41) is 0.125. The van der Waals surface area contributed by atoms with Gasteiger partial charge in [0.25, 0.3) is 0 Å². The normalized spacial score (nSPS) is 14.1. The second-order valence-electron chi connectivity index (χ2n) is 5.21. The number of imidazole rings is 1. The van der Waals surface area contributed by atoms with E-state index in [-0.39, 0.29) is 45.8 Å². The third kappa shape index (κ3) is 2.99. The van der Waals surface area contributed by atoms with Crippen LogP contribution in [0.15, 0.2) is 29.5 Å². The number of ether oxygens (including phenoxy) is 2. The first-order valence-corrected chi connectivity index (χ1v) is 8.52. The third-order valence-electron chi connectivity index (χ3n) is 3.65. The van der Waals surface area contributed by atoms with Crippen LogP contribution in [0.5, 0.6) is 11.5 Å². The first-order chi connectivity index (χ1) is 12.8. The Bertz CT molecular complexity index is 1070. The van der Waals surface area contributed by atoms with Gasteiger partial charge < -0.3 is 14.5 Å². The van der Waals surface area contributed by atoms with Gasteiger partial charge in [0.1, 0.15) is 11.5 Å². The van der Waals surface area contributed by atoms with Crippen molar-refractivity contribution >= 4 is 21.8 Å². The fourth-order valence-corrected chi connectivity index (χ4v) is 3.50. The summed E-state index contributed by atoms with van der Waals surface area (Å²) in [6.07, 6.45) is 1.66. The average Bonchev–Trinajstić information content (AvgIpc) is 3.09. The monoisotopic (exact) mass is 348 g/mol. The van der Waals surface area contributed by atoms with Crippen LogP contribution in [0.3, 0.4) is 0 Å². The maximum absolute atomic E-state index is 12.8. The number of aromatic amines is 1. The van der Waals surface area contributed by atoms with Gasteiger partial charge in [-0.05, 0) is 25.9 Å². The molecular formula is C17H19N3O3S. The Kier molecular flexibility index (Phi) is 3.56. The van der Waals surface area contributed by atoms with E-state index in [1.165, 1.54) is 7.11 Å². The van der Waals surface area contributed by atoms with E-state index in [0.29, 0.717) is 11.4 Å². The first-order valence-electron chi connectivity index (χ1n) is 8.71. The van der Waals surface area contributed by atoms with E-state index in [2.05, 4.69) is 15.0 Å². The summed E-state index contributed by atoms with van der Waals surface area (Å²) in [5.74, 6) is 0.787. The summed E-state index contributed by atoms with van der Waals surface area (Å²) in [5.41, 5.74) is 2.66. The predicted molar refractivity (Wildman–Crippen MR) is 93.0 cm³/mol. The average molecular weight is 348 g/mol. The second kappa shape index (κ2) is 6.60. The number of pyridine rings is 1. The van der Waals surface area contributed by atoms with Crippen molar-refractivity contribution in [2.24, 2.45) is 0 Å². The molecule has 7 heteroatoms. The molecule has 3 aromatic rings. The summed E-state index contributed by atoms with van der Waals surface area (Å²) in [7, 11) is 1.34. The van der Waals surface area contributed by atoms with Gasteiger partial charge in [0, 0.05) is 23.4 Å². The second-order valence-corrected chi connectivity index (χ2v) is 6.58. The van der Waals surface area contributed by atoms with Crippen LogP contribution in [0.1, 0.15) is 20.9 Å². The molecule has 2 heterocycles. The minimum Gasteiger partial charge on any atom is -0.497 e. The van der Waals surface area contributed by atoms with Crippen LogP contribution >= 0.6 is 0 Å². The minimum absolute atomic E-state index is 0.0192. The number of nitrogens with one attached hydrogen (secondary N) is 1. The van der Waals surface area contributed by atoms with Crippen LogP contribution in [0.25, 0.3) is 11.0 Å². The smallest absolute Gasteiger partial charge is 0.197 e. The Hall–Kier alpha value is -2.41. The van der Waals surface area contributed by atoms with Crippen LogP contribution < -0.4 is 9.47 Å². The van der Waals surface area contributed by atoms with Crippen molar-refractivity contribution in [3.05, 3.63) is 41.1 Å². The minimum atomic E-state index is -1.58. The summed E-state index contributed by atoms with van der Waals surface area (Å²) < 4.78 is 47.3. The van der Waals surface area contributed by atoms with Crippen molar-refractivity contribution in [3.8, 4) is 11.5 Å². The highest BCUT2D eigenvalue weighted by Gasteiger charge is 2.16. The molecule has 126 valence electrons. The molecule has 1 N–H and O–H groups in total. The molecule has 0 aliphatic rings. The molecule has 0 saturated heterocycles. The number of rotatable bonds is 5. The Morgan fingerprint density at radius 2 is 2.08 bits per heavy atom. The lowest BCUT2D eigenvalue weighted by Gasteiger charge is -2.11. The van der Waals surface area contributed by atoms with E-state index < -0.39 is 10.8 Å². The molecule has 0 radical (unpaired) electrons. The summed E-state index contributed by atoms with van der Waals surface area (Å²) >= 11 is 0. The van der Waals surface area contributed by atoms with Gasteiger partial charge in [-0.3, -0.25) is 9.19 Å². The molecule has 3 rings (SSSR count). The van der Waals surface area contributed by atoms with Crippen molar-refractivity contribution in [2.45, 2.75) is 24.8 Å². The Balaban J connectivity index is 2.03. The van der Waals surface area contributed by atoms with Crippen molar-refractivity contribution in [1.29, 1.82) is 0 Å². The lowest BCUT2D eigenvalue weighted by molar-refractivity contribution is 0.407. The molecule has 1 atom stereocenters. The molecule has 0 aliphatic heterocycles. The Morgan fingerprint density at radius 1 is 1.29 bits per heavy atom. The van der Waals surface area contributed by atoms with Crippen LogP contribution in [-0.4, -0.2) is 33.4 Å². The van der Waals surface area contributed by atoms with Gasteiger partial charge in [-0.2, -0.15) is 0 Å². The van der Waals surface area contributed by atoms with E-state index in [9.17, 15) is 4.21 Å². The fourth-order valence-electron chi connectivity index (χ4n) is 2.41. The van der Waals surface area contributed by atoms with Crippen molar-refractivity contribution in [2.75, 3.05) is 14.2 Å². The lowest BCUT2D eigenvalue weighted by atomic mass is 10.1. The molecule has 6 nitrogen and oxygen atoms in total. The zero-order valence-electron chi connectivity index (χ0n) is 16.8. The molecule has 0 aliphatic carbocycles. The van der Waals surface area contributed by atoms with Gasteiger partial charge in [-0.25, -0.2) is 4.98 Å². The summed E-state index contributed by atoms with van der Waals surface area (Å²) in [6, 6.07) is -0.487. The number of nitrogens with zero attached hydrogens (tertiary/aromatic N) is 2. The maximum atomic E-state index is 12.8. The van der Waals surface area contributed by atoms with E-state index in [1.807, 2.05) is 13.8 Å². The fraction of sp³-hybridized carbons (Fsp3) is 0.294. The molecule has 2 aromatic heterocycles. The molecular weight excluding hydrogens is 326 g/mol. The van der Waals surface area contributed by atoms with Crippen molar-refractivity contribution in [3.63, 3.8) is 0 Å². The third-order valence-corrected chi connectivity index (χ3v) is 4.81. The topological polar surface area (TPSA) is 77.1 Å². The highest BCUT2D eigenvalue weighted by molar-refractivity contribution is 7.84. The molecule has 24 heavy (non-hydrogen) atoms. The van der Waals surface area contributed by atoms with Gasteiger partial charge in [-0.1, -0.05) is 0 Å². The van der Waals surface area contributed by atoms with Crippen LogP contribution in [-0.2, 0) is 16.6 Å². The molecule has 0 saturated carbocycles. The molecule has 1 aromatic carbocycles. The zero-order chi connectivity index (χ0) is 19.9. The highest BCUT2D eigenvalue weighted by Crippen LogP contribution is 2.26. The number of methoxy groups -OCH3 is 2. The molecule has 0 spiro atoms. The summed E-state index contributed by atoms with van der Waals surface area (Å²) in [6.45, 7) is 3.74. The number of hydrogen-bond donors (Lipinski definition) is 1. The number of H-pyrrole nitrogens is 1. The van der Waals surface area contributed by atoms with Crippen LogP contribution in [0, 0.1) is 13.8 Å². The first kappa shape index (κ1) is 12.9. The molecule has 0 bridgehead atoms. The Labute approximate surface area is 146 Å². The number of benzene rings is 1. The van der Waals surface area contributed by atoms with E-state index in [4.69, 9.17) is 13.6 Å². The highest BCUT2D eigenvalue weighted by atomic mass is 32.2. The van der Waals surface area contributed by atoms with Crippen molar-refractivity contribution < 1.29 is 17.8 Å². The van der Waals surface area contributed by atoms with E-state index in [0.717, 1.165) is 11.1 Å². The van der Waals surface area contributed by atoms with Gasteiger partial charge in [0.15, 0.2) is 5.16 Å². The quantitative estimate of drug-likeness (QED) is 0.767. The van der Waals surface area contributed by atoms with Gasteiger partial charge in [0.2, 0.25) is 0 Å². The number of aryl methyl sites for hydroxylation is 1. The van der Waals surface area contributed by atoms with Gasteiger partial charge in [-0.15, -0.1) is 0 Å². The van der Waals surface area contributed by atoms with Crippen molar-refractivity contribution in [1.82, 2.24) is 15.0 Å². The maximum Gasteiger partial charge on any atom is 0.197 e. The van der Waals surface area contributed by atoms with Gasteiger partial charge in [0.05, 0.1) is 51.6 Å². The number of aromatic nitrogens is 3. The molecule has 0 amide bonds. The van der Waals surface area contributed by atoms with Crippen LogP contribution in [0.4, 0.5) is 0 Å². The predicted octanol–water partition coefficient (Wildman–Crippen LogP) is 2.90. The van der Waals surface area contributed by atoms with E-state index >= 15 is 0 Å². The largest absolute Gasteiger partial charge is 0.497 e. The van der Waals surface area contributed by atoms with Gasteiger partial charge >= 0.3 is 0 Å².